The molecule has 0 aliphatic heterocycles. The molecule has 0 aliphatic carbocycles. The molecule has 0 fully saturated rings. The maximum atomic E-state index is 12.2. The highest BCUT2D eigenvalue weighted by Gasteiger charge is 2.15. The van der Waals surface area contributed by atoms with Crippen LogP contribution in [0.1, 0.15) is 23.9 Å². The smallest absolute Gasteiger partial charge is 0.230 e. The first-order valence-corrected chi connectivity index (χ1v) is 8.13. The second-order valence-electron chi connectivity index (χ2n) is 5.11. The summed E-state index contributed by atoms with van der Waals surface area (Å²) < 4.78 is 11.5. The molecular weight excluding hydrogens is 314 g/mol. The minimum atomic E-state index is -0.136. The molecule has 0 spiro atoms. The van der Waals surface area contributed by atoms with Gasteiger partial charge < -0.3 is 14.6 Å². The lowest BCUT2D eigenvalue weighted by molar-refractivity contribution is -0.115. The summed E-state index contributed by atoms with van der Waals surface area (Å²) >= 11 is 1.42. The van der Waals surface area contributed by atoms with Crippen molar-refractivity contribution in [3.05, 3.63) is 35.2 Å². The van der Waals surface area contributed by atoms with E-state index in [1.807, 2.05) is 32.0 Å². The van der Waals surface area contributed by atoms with Crippen LogP contribution in [0.25, 0.3) is 10.2 Å². The highest BCUT2D eigenvalue weighted by Crippen LogP contribution is 2.29. The van der Waals surface area contributed by atoms with Crippen LogP contribution in [0.4, 0.5) is 5.13 Å². The van der Waals surface area contributed by atoms with E-state index in [1.165, 1.54) is 11.3 Å². The molecule has 3 aromatic rings. The molecule has 120 valence electrons. The van der Waals surface area contributed by atoms with E-state index >= 15 is 0 Å². The minimum Gasteiger partial charge on any atom is -0.494 e. The molecule has 0 aliphatic rings. The van der Waals surface area contributed by atoms with Crippen LogP contribution in [0.5, 0.6) is 5.75 Å². The number of carbonyl (C=O) groups is 1. The molecule has 1 N–H and O–H groups in total. The predicted molar refractivity (Wildman–Crippen MR) is 89.1 cm³/mol. The van der Waals surface area contributed by atoms with E-state index in [0.29, 0.717) is 17.5 Å². The molecule has 0 saturated heterocycles. The summed E-state index contributed by atoms with van der Waals surface area (Å²) in [6, 6.07) is 5.70. The Balaban J connectivity index is 1.74. The third kappa shape index (κ3) is 3.34. The van der Waals surface area contributed by atoms with Gasteiger partial charge in [0.25, 0.3) is 0 Å². The van der Waals surface area contributed by atoms with Crippen LogP contribution in [0.3, 0.4) is 0 Å². The highest BCUT2D eigenvalue weighted by molar-refractivity contribution is 7.22. The molecule has 1 amide bonds. The second kappa shape index (κ2) is 6.37. The number of fused-ring (bicyclic) bond motifs is 1. The SMILES string of the molecule is CCOc1ccc2nc(NC(=O)Cc3c(C)noc3C)sc2c1. The number of aromatic nitrogens is 2. The molecule has 0 radical (unpaired) electrons. The maximum Gasteiger partial charge on any atom is 0.230 e. The Morgan fingerprint density at radius 3 is 2.91 bits per heavy atom. The van der Waals surface area contributed by atoms with E-state index in [1.54, 1.807) is 6.92 Å². The number of hydrogen-bond acceptors (Lipinski definition) is 6. The standard InChI is InChI=1S/C16H17N3O3S/c1-4-21-11-5-6-13-14(7-11)23-16(17-13)18-15(20)8-12-9(2)19-22-10(12)3/h5-7H,4,8H2,1-3H3,(H,17,18,20). The van der Waals surface area contributed by atoms with E-state index in [9.17, 15) is 4.79 Å². The Bertz CT molecular complexity index is 834. The normalized spacial score (nSPS) is 10.9. The molecule has 0 bridgehead atoms. The van der Waals surface area contributed by atoms with Crippen LogP contribution in [0, 0.1) is 13.8 Å². The zero-order valence-corrected chi connectivity index (χ0v) is 14.0. The number of anilines is 1. The second-order valence-corrected chi connectivity index (χ2v) is 6.14. The fourth-order valence-electron chi connectivity index (χ4n) is 2.29. The van der Waals surface area contributed by atoms with Gasteiger partial charge in [-0.05, 0) is 39.0 Å². The number of carbonyl (C=O) groups excluding carboxylic acids is 1. The van der Waals surface area contributed by atoms with Gasteiger partial charge in [0.2, 0.25) is 5.91 Å². The number of rotatable bonds is 5. The van der Waals surface area contributed by atoms with Gasteiger partial charge in [0.1, 0.15) is 11.5 Å². The third-order valence-corrected chi connectivity index (χ3v) is 4.37. The topological polar surface area (TPSA) is 77.2 Å². The van der Waals surface area contributed by atoms with Crippen molar-refractivity contribution in [2.24, 2.45) is 0 Å². The van der Waals surface area contributed by atoms with Gasteiger partial charge >= 0.3 is 0 Å². The summed E-state index contributed by atoms with van der Waals surface area (Å²) in [7, 11) is 0. The zero-order chi connectivity index (χ0) is 16.4. The van der Waals surface area contributed by atoms with E-state index in [0.717, 1.165) is 27.2 Å². The van der Waals surface area contributed by atoms with Gasteiger partial charge in [-0.3, -0.25) is 4.79 Å². The van der Waals surface area contributed by atoms with E-state index in [-0.39, 0.29) is 12.3 Å². The number of hydrogen-bond donors (Lipinski definition) is 1. The monoisotopic (exact) mass is 331 g/mol. The molecule has 2 aromatic heterocycles. The predicted octanol–water partition coefficient (Wildman–Crippen LogP) is 3.48. The minimum absolute atomic E-state index is 0.136. The fraction of sp³-hybridized carbons (Fsp3) is 0.312. The highest BCUT2D eigenvalue weighted by atomic mass is 32.1. The Labute approximate surface area is 137 Å². The molecule has 1 aromatic carbocycles. The van der Waals surface area contributed by atoms with Crippen molar-refractivity contribution in [3.63, 3.8) is 0 Å². The average Bonchev–Trinajstić information content (AvgIpc) is 3.04. The number of ether oxygens (including phenoxy) is 1. The van der Waals surface area contributed by atoms with E-state index < -0.39 is 0 Å². The van der Waals surface area contributed by atoms with Gasteiger partial charge in [-0.2, -0.15) is 0 Å². The van der Waals surface area contributed by atoms with Crippen LogP contribution in [0.15, 0.2) is 22.7 Å². The van der Waals surface area contributed by atoms with Crippen LogP contribution >= 0.6 is 11.3 Å². The first-order valence-electron chi connectivity index (χ1n) is 7.31. The summed E-state index contributed by atoms with van der Waals surface area (Å²) in [6.07, 6.45) is 0.223. The average molecular weight is 331 g/mol. The lowest BCUT2D eigenvalue weighted by Crippen LogP contribution is -2.14. The van der Waals surface area contributed by atoms with Gasteiger partial charge in [0, 0.05) is 5.56 Å². The molecule has 0 unspecified atom stereocenters. The van der Waals surface area contributed by atoms with Crippen LogP contribution in [-0.2, 0) is 11.2 Å². The molecule has 0 saturated carbocycles. The van der Waals surface area contributed by atoms with Gasteiger partial charge in [-0.25, -0.2) is 4.98 Å². The molecule has 2 heterocycles. The van der Waals surface area contributed by atoms with Gasteiger partial charge in [-0.15, -0.1) is 0 Å². The maximum absolute atomic E-state index is 12.2. The molecular formula is C16H17N3O3S. The van der Waals surface area contributed by atoms with Crippen molar-refractivity contribution >= 4 is 32.6 Å². The number of amides is 1. The number of aryl methyl sites for hydroxylation is 2. The van der Waals surface area contributed by atoms with E-state index in [2.05, 4.69) is 15.5 Å². The third-order valence-electron chi connectivity index (χ3n) is 3.44. The number of nitrogens with zero attached hydrogens (tertiary/aromatic N) is 2. The lowest BCUT2D eigenvalue weighted by atomic mass is 10.1. The fourth-order valence-corrected chi connectivity index (χ4v) is 3.20. The quantitative estimate of drug-likeness (QED) is 0.774. The van der Waals surface area contributed by atoms with Crippen molar-refractivity contribution in [1.29, 1.82) is 0 Å². The number of benzene rings is 1. The Kier molecular flexibility index (Phi) is 4.29. The first-order chi connectivity index (χ1) is 11.1. The lowest BCUT2D eigenvalue weighted by Gasteiger charge is -2.00. The van der Waals surface area contributed by atoms with Crippen molar-refractivity contribution in [1.82, 2.24) is 10.1 Å². The number of thiazole rings is 1. The molecule has 3 rings (SSSR count). The summed E-state index contributed by atoms with van der Waals surface area (Å²) in [6.45, 7) is 6.18. The Morgan fingerprint density at radius 1 is 1.39 bits per heavy atom. The van der Waals surface area contributed by atoms with Crippen molar-refractivity contribution in [2.75, 3.05) is 11.9 Å². The zero-order valence-electron chi connectivity index (χ0n) is 13.2. The van der Waals surface area contributed by atoms with Crippen LogP contribution in [-0.4, -0.2) is 22.7 Å². The Hall–Kier alpha value is -2.41. The largest absolute Gasteiger partial charge is 0.494 e. The first kappa shape index (κ1) is 15.5. The van der Waals surface area contributed by atoms with E-state index in [4.69, 9.17) is 9.26 Å². The molecule has 7 heteroatoms. The molecule has 23 heavy (non-hydrogen) atoms. The van der Waals surface area contributed by atoms with Crippen molar-refractivity contribution < 1.29 is 14.1 Å². The van der Waals surface area contributed by atoms with Gasteiger partial charge in [-0.1, -0.05) is 16.5 Å². The van der Waals surface area contributed by atoms with Crippen LogP contribution < -0.4 is 10.1 Å². The number of nitrogens with one attached hydrogen (secondary N) is 1. The summed E-state index contributed by atoms with van der Waals surface area (Å²) in [5.74, 6) is 1.34. The van der Waals surface area contributed by atoms with Gasteiger partial charge in [0.15, 0.2) is 5.13 Å². The van der Waals surface area contributed by atoms with Crippen LogP contribution in [0.2, 0.25) is 0 Å². The summed E-state index contributed by atoms with van der Waals surface area (Å²) in [5, 5.41) is 7.26. The summed E-state index contributed by atoms with van der Waals surface area (Å²) in [5.41, 5.74) is 2.40. The Morgan fingerprint density at radius 2 is 2.22 bits per heavy atom. The molecule has 6 nitrogen and oxygen atoms in total. The molecule has 0 atom stereocenters. The van der Waals surface area contributed by atoms with Gasteiger partial charge in [0.05, 0.1) is 28.9 Å². The van der Waals surface area contributed by atoms with Crippen molar-refractivity contribution in [2.45, 2.75) is 27.2 Å². The van der Waals surface area contributed by atoms with Crippen molar-refractivity contribution in [3.8, 4) is 5.75 Å². The summed E-state index contributed by atoms with van der Waals surface area (Å²) in [4.78, 5) is 16.6.